The number of piperazine rings is 1. The predicted molar refractivity (Wildman–Crippen MR) is 109 cm³/mol. The highest BCUT2D eigenvalue weighted by molar-refractivity contribution is 7.15. The fourth-order valence-electron chi connectivity index (χ4n) is 3.55. The van der Waals surface area contributed by atoms with Crippen LogP contribution >= 0.6 is 11.3 Å². The van der Waals surface area contributed by atoms with Gasteiger partial charge in [-0.15, -0.1) is 11.3 Å². The van der Waals surface area contributed by atoms with Crippen molar-refractivity contribution < 1.29 is 9.47 Å². The van der Waals surface area contributed by atoms with Crippen molar-refractivity contribution in [1.82, 2.24) is 19.2 Å². The van der Waals surface area contributed by atoms with Gasteiger partial charge in [0.2, 0.25) is 0 Å². The van der Waals surface area contributed by atoms with Crippen molar-refractivity contribution in [2.45, 2.75) is 13.1 Å². The molecule has 0 radical (unpaired) electrons. The molecule has 0 amide bonds. The van der Waals surface area contributed by atoms with Gasteiger partial charge in [-0.3, -0.25) is 19.0 Å². The third kappa shape index (κ3) is 4.04. The summed E-state index contributed by atoms with van der Waals surface area (Å²) in [5, 5.41) is 1.89. The van der Waals surface area contributed by atoms with Crippen LogP contribution in [0, 0.1) is 0 Å². The average Bonchev–Trinajstić information content (AvgIpc) is 3.18. The van der Waals surface area contributed by atoms with E-state index < -0.39 is 0 Å². The molecule has 0 aliphatic carbocycles. The van der Waals surface area contributed by atoms with E-state index in [1.165, 1.54) is 11.3 Å². The Morgan fingerprint density at radius 3 is 2.50 bits per heavy atom. The van der Waals surface area contributed by atoms with Crippen LogP contribution in [-0.4, -0.2) is 59.6 Å². The van der Waals surface area contributed by atoms with Gasteiger partial charge in [0.1, 0.15) is 11.5 Å². The molecule has 7 nitrogen and oxygen atoms in total. The Bertz CT molecular complexity index is 1010. The number of nitrogens with zero attached hydrogens (tertiary/aromatic N) is 4. The second-order valence-electron chi connectivity index (χ2n) is 6.87. The average molecular weight is 401 g/mol. The molecule has 148 valence electrons. The quantitative estimate of drug-likeness (QED) is 0.632. The third-order valence-corrected chi connectivity index (χ3v) is 5.84. The van der Waals surface area contributed by atoms with Crippen LogP contribution in [0.5, 0.6) is 11.5 Å². The molecule has 3 aromatic rings. The molecule has 1 aromatic carbocycles. The van der Waals surface area contributed by atoms with Gasteiger partial charge in [-0.25, -0.2) is 4.98 Å². The van der Waals surface area contributed by atoms with Crippen molar-refractivity contribution >= 4 is 16.3 Å². The molecular weight excluding hydrogens is 376 g/mol. The normalized spacial score (nSPS) is 15.8. The molecule has 3 heterocycles. The Labute approximate surface area is 167 Å². The molecule has 0 unspecified atom stereocenters. The van der Waals surface area contributed by atoms with E-state index in [-0.39, 0.29) is 5.56 Å². The highest BCUT2D eigenvalue weighted by Gasteiger charge is 2.19. The van der Waals surface area contributed by atoms with Gasteiger partial charge in [0.15, 0.2) is 4.96 Å². The molecule has 1 saturated heterocycles. The molecular formula is C20H24N4O3S. The van der Waals surface area contributed by atoms with Crippen LogP contribution < -0.4 is 15.0 Å². The molecule has 1 aliphatic rings. The molecule has 0 bridgehead atoms. The molecule has 1 aliphatic heterocycles. The number of rotatable bonds is 6. The first kappa shape index (κ1) is 18.9. The first-order valence-electron chi connectivity index (χ1n) is 9.27. The zero-order chi connectivity index (χ0) is 19.5. The Morgan fingerprint density at radius 1 is 1.04 bits per heavy atom. The fourth-order valence-corrected chi connectivity index (χ4v) is 4.29. The summed E-state index contributed by atoms with van der Waals surface area (Å²) in [6, 6.07) is 7.56. The van der Waals surface area contributed by atoms with Crippen molar-refractivity contribution in [3.8, 4) is 11.5 Å². The van der Waals surface area contributed by atoms with Gasteiger partial charge >= 0.3 is 0 Å². The highest BCUT2D eigenvalue weighted by atomic mass is 32.1. The van der Waals surface area contributed by atoms with Crippen LogP contribution in [0.15, 0.2) is 40.6 Å². The Hall–Kier alpha value is -2.42. The maximum Gasteiger partial charge on any atom is 0.258 e. The van der Waals surface area contributed by atoms with Crippen LogP contribution in [0.25, 0.3) is 4.96 Å². The number of methoxy groups -OCH3 is 2. The van der Waals surface area contributed by atoms with Crippen LogP contribution in [0.1, 0.15) is 11.3 Å². The Morgan fingerprint density at radius 2 is 1.79 bits per heavy atom. The highest BCUT2D eigenvalue weighted by Crippen LogP contribution is 2.25. The number of benzene rings is 1. The van der Waals surface area contributed by atoms with E-state index in [1.807, 2.05) is 23.6 Å². The molecule has 0 N–H and O–H groups in total. The van der Waals surface area contributed by atoms with E-state index in [4.69, 9.17) is 9.47 Å². The number of thiazole rings is 1. The van der Waals surface area contributed by atoms with Gasteiger partial charge in [-0.05, 0) is 18.2 Å². The molecule has 2 aromatic heterocycles. The first-order chi connectivity index (χ1) is 13.7. The summed E-state index contributed by atoms with van der Waals surface area (Å²) in [5.74, 6) is 1.73. The van der Waals surface area contributed by atoms with E-state index >= 15 is 0 Å². The zero-order valence-corrected chi connectivity index (χ0v) is 16.9. The summed E-state index contributed by atoms with van der Waals surface area (Å²) in [5.41, 5.74) is 1.97. The standard InChI is InChI=1S/C20H24N4O3S/c1-26-17-3-4-18(27-2)15(11-17)13-22-5-7-23(8-6-22)14-16-12-19(25)24-9-10-28-20(24)21-16/h3-4,9-12H,5-8,13-14H2,1-2H3. The summed E-state index contributed by atoms with van der Waals surface area (Å²) < 4.78 is 12.4. The zero-order valence-electron chi connectivity index (χ0n) is 16.1. The molecule has 8 heteroatoms. The summed E-state index contributed by atoms with van der Waals surface area (Å²) in [6.45, 7) is 5.34. The van der Waals surface area contributed by atoms with Crippen molar-refractivity contribution in [1.29, 1.82) is 0 Å². The van der Waals surface area contributed by atoms with Crippen molar-refractivity contribution in [2.75, 3.05) is 40.4 Å². The predicted octanol–water partition coefficient (Wildman–Crippen LogP) is 2.09. The maximum absolute atomic E-state index is 12.2. The van der Waals surface area contributed by atoms with Gasteiger partial charge in [0, 0.05) is 62.5 Å². The number of hydrogen-bond acceptors (Lipinski definition) is 7. The molecule has 0 spiro atoms. The van der Waals surface area contributed by atoms with Gasteiger partial charge in [-0.1, -0.05) is 0 Å². The number of hydrogen-bond donors (Lipinski definition) is 0. The van der Waals surface area contributed by atoms with Gasteiger partial charge < -0.3 is 9.47 Å². The van der Waals surface area contributed by atoms with Crippen LogP contribution in [-0.2, 0) is 13.1 Å². The lowest BCUT2D eigenvalue weighted by atomic mass is 10.1. The maximum atomic E-state index is 12.2. The van der Waals surface area contributed by atoms with Crippen molar-refractivity contribution in [3.63, 3.8) is 0 Å². The van der Waals surface area contributed by atoms with E-state index in [1.54, 1.807) is 30.9 Å². The van der Waals surface area contributed by atoms with Gasteiger partial charge in [0.25, 0.3) is 5.56 Å². The van der Waals surface area contributed by atoms with Gasteiger partial charge in [0.05, 0.1) is 19.9 Å². The molecule has 0 saturated carbocycles. The van der Waals surface area contributed by atoms with Crippen LogP contribution in [0.2, 0.25) is 0 Å². The van der Waals surface area contributed by atoms with E-state index in [2.05, 4.69) is 14.8 Å². The topological polar surface area (TPSA) is 59.3 Å². The Kier molecular flexibility index (Phi) is 5.61. The minimum absolute atomic E-state index is 0.00925. The monoisotopic (exact) mass is 400 g/mol. The van der Waals surface area contributed by atoms with E-state index in [0.29, 0.717) is 6.54 Å². The van der Waals surface area contributed by atoms with E-state index in [0.717, 1.165) is 60.4 Å². The van der Waals surface area contributed by atoms with Crippen molar-refractivity contribution in [2.24, 2.45) is 0 Å². The fraction of sp³-hybridized carbons (Fsp3) is 0.400. The SMILES string of the molecule is COc1ccc(OC)c(CN2CCN(Cc3cc(=O)n4ccsc4n3)CC2)c1. The van der Waals surface area contributed by atoms with Crippen LogP contribution in [0.3, 0.4) is 0 Å². The second kappa shape index (κ2) is 8.30. The lowest BCUT2D eigenvalue weighted by molar-refractivity contribution is 0.120. The summed E-state index contributed by atoms with van der Waals surface area (Å²) >= 11 is 1.49. The van der Waals surface area contributed by atoms with Gasteiger partial charge in [-0.2, -0.15) is 0 Å². The molecule has 4 rings (SSSR count). The third-order valence-electron chi connectivity index (χ3n) is 5.09. The molecule has 1 fully saturated rings. The largest absolute Gasteiger partial charge is 0.497 e. The molecule has 28 heavy (non-hydrogen) atoms. The Balaban J connectivity index is 1.37. The summed E-state index contributed by atoms with van der Waals surface area (Å²) in [4.78, 5) is 22.3. The molecule has 0 atom stereocenters. The smallest absolute Gasteiger partial charge is 0.258 e. The number of aromatic nitrogens is 2. The summed E-state index contributed by atoms with van der Waals surface area (Å²) in [6.07, 6.45) is 1.77. The lowest BCUT2D eigenvalue weighted by Crippen LogP contribution is -2.45. The second-order valence-corrected chi connectivity index (χ2v) is 7.74. The van der Waals surface area contributed by atoms with E-state index in [9.17, 15) is 4.79 Å². The number of ether oxygens (including phenoxy) is 2. The minimum Gasteiger partial charge on any atom is -0.497 e. The first-order valence-corrected chi connectivity index (χ1v) is 10.2. The summed E-state index contributed by atoms with van der Waals surface area (Å²) in [7, 11) is 3.38. The van der Waals surface area contributed by atoms with Crippen molar-refractivity contribution in [3.05, 3.63) is 57.5 Å². The number of fused-ring (bicyclic) bond motifs is 1. The van der Waals surface area contributed by atoms with Crippen LogP contribution in [0.4, 0.5) is 0 Å². The minimum atomic E-state index is -0.00925. The lowest BCUT2D eigenvalue weighted by Gasteiger charge is -2.34.